The minimum atomic E-state index is -0.655. The highest BCUT2D eigenvalue weighted by Crippen LogP contribution is 2.19. The monoisotopic (exact) mass is 304 g/mol. The molecule has 1 atom stereocenters. The zero-order valence-corrected chi connectivity index (χ0v) is 12.3. The Morgan fingerprint density at radius 2 is 2.19 bits per heavy atom. The number of rotatable bonds is 7. The van der Waals surface area contributed by atoms with Gasteiger partial charge >= 0.3 is 0 Å². The maximum atomic E-state index is 10.3. The van der Waals surface area contributed by atoms with E-state index in [1.54, 1.807) is 18.4 Å². The molecule has 0 bridgehead atoms. The number of hydrogen-bond donors (Lipinski definition) is 1. The summed E-state index contributed by atoms with van der Waals surface area (Å²) in [7, 11) is 0. The van der Waals surface area contributed by atoms with E-state index in [2.05, 4.69) is 6.07 Å². The first-order chi connectivity index (χ1) is 10.2. The predicted octanol–water partition coefficient (Wildman–Crippen LogP) is 3.38. The summed E-state index contributed by atoms with van der Waals surface area (Å²) in [5.41, 5.74) is 0.768. The standard InChI is InChI=1S/C16H17ClN2O2/c17-14-5-1-4-13(10-14)16(20)12-19(8-3-7-18)11-15-6-2-9-21-15/h1-2,4-6,9-10,16,20H,3,8,11-12H2. The smallest absolute Gasteiger partial charge is 0.117 e. The zero-order valence-electron chi connectivity index (χ0n) is 11.6. The minimum Gasteiger partial charge on any atom is -0.468 e. The van der Waals surface area contributed by atoms with E-state index < -0.39 is 6.10 Å². The van der Waals surface area contributed by atoms with Gasteiger partial charge in [-0.2, -0.15) is 5.26 Å². The van der Waals surface area contributed by atoms with Gasteiger partial charge in [0.1, 0.15) is 5.76 Å². The number of aliphatic hydroxyl groups excluding tert-OH is 1. The fourth-order valence-electron chi connectivity index (χ4n) is 2.13. The van der Waals surface area contributed by atoms with Crippen molar-refractivity contribution >= 4 is 11.6 Å². The molecule has 21 heavy (non-hydrogen) atoms. The van der Waals surface area contributed by atoms with E-state index in [1.807, 2.05) is 29.2 Å². The Kier molecular flexibility index (Phi) is 5.82. The Balaban J connectivity index is 2.01. The molecule has 0 aliphatic rings. The van der Waals surface area contributed by atoms with Crippen LogP contribution in [0.1, 0.15) is 23.8 Å². The molecule has 0 aliphatic carbocycles. The van der Waals surface area contributed by atoms with Gasteiger partial charge in [0.2, 0.25) is 0 Å². The van der Waals surface area contributed by atoms with Crippen LogP contribution in [0.4, 0.5) is 0 Å². The first kappa shape index (κ1) is 15.6. The van der Waals surface area contributed by atoms with E-state index in [4.69, 9.17) is 21.3 Å². The largest absolute Gasteiger partial charge is 0.468 e. The molecule has 0 spiro atoms. The first-order valence-electron chi connectivity index (χ1n) is 6.74. The highest BCUT2D eigenvalue weighted by Gasteiger charge is 2.15. The van der Waals surface area contributed by atoms with Gasteiger partial charge in [-0.15, -0.1) is 0 Å². The van der Waals surface area contributed by atoms with Crippen LogP contribution < -0.4 is 0 Å². The van der Waals surface area contributed by atoms with Gasteiger partial charge in [-0.1, -0.05) is 23.7 Å². The van der Waals surface area contributed by atoms with E-state index in [-0.39, 0.29) is 0 Å². The van der Waals surface area contributed by atoms with Crippen molar-refractivity contribution in [1.29, 1.82) is 5.26 Å². The highest BCUT2D eigenvalue weighted by atomic mass is 35.5. The lowest BCUT2D eigenvalue weighted by Crippen LogP contribution is -2.29. The summed E-state index contributed by atoms with van der Waals surface area (Å²) in [5, 5.41) is 19.7. The molecule has 4 nitrogen and oxygen atoms in total. The average Bonchev–Trinajstić information content (AvgIpc) is 2.97. The van der Waals surface area contributed by atoms with Gasteiger partial charge in [-0.3, -0.25) is 4.90 Å². The van der Waals surface area contributed by atoms with Gasteiger partial charge in [-0.05, 0) is 29.8 Å². The van der Waals surface area contributed by atoms with Gasteiger partial charge in [0.25, 0.3) is 0 Å². The molecule has 0 fully saturated rings. The second kappa shape index (κ2) is 7.84. The molecule has 110 valence electrons. The maximum absolute atomic E-state index is 10.3. The first-order valence-corrected chi connectivity index (χ1v) is 7.12. The second-order valence-corrected chi connectivity index (χ2v) is 5.23. The van der Waals surface area contributed by atoms with Crippen LogP contribution in [0.2, 0.25) is 5.02 Å². The maximum Gasteiger partial charge on any atom is 0.117 e. The third-order valence-electron chi connectivity index (χ3n) is 3.16. The van der Waals surface area contributed by atoms with Crippen molar-refractivity contribution < 1.29 is 9.52 Å². The Bertz CT molecular complexity index is 593. The number of benzene rings is 1. The number of furan rings is 1. The predicted molar refractivity (Wildman–Crippen MR) is 80.6 cm³/mol. The fourth-order valence-corrected chi connectivity index (χ4v) is 2.33. The number of hydrogen-bond acceptors (Lipinski definition) is 4. The average molecular weight is 305 g/mol. The molecule has 1 unspecified atom stereocenters. The summed E-state index contributed by atoms with van der Waals surface area (Å²) >= 11 is 5.94. The number of halogens is 1. The summed E-state index contributed by atoms with van der Waals surface area (Å²) in [4.78, 5) is 1.99. The SMILES string of the molecule is N#CCCN(Cc1ccco1)CC(O)c1cccc(Cl)c1. The van der Waals surface area contributed by atoms with Crippen molar-refractivity contribution in [3.63, 3.8) is 0 Å². The van der Waals surface area contributed by atoms with Crippen molar-refractivity contribution in [2.24, 2.45) is 0 Å². The van der Waals surface area contributed by atoms with Gasteiger partial charge in [0.15, 0.2) is 0 Å². The molecule has 2 rings (SSSR count). The Morgan fingerprint density at radius 3 is 2.86 bits per heavy atom. The van der Waals surface area contributed by atoms with E-state index in [1.165, 1.54) is 0 Å². The third-order valence-corrected chi connectivity index (χ3v) is 3.40. The lowest BCUT2D eigenvalue weighted by Gasteiger charge is -2.23. The molecule has 2 aromatic rings. The van der Waals surface area contributed by atoms with Crippen molar-refractivity contribution in [1.82, 2.24) is 4.90 Å². The second-order valence-electron chi connectivity index (χ2n) is 4.79. The molecule has 1 N–H and O–H groups in total. The van der Waals surface area contributed by atoms with Crippen LogP contribution in [0.3, 0.4) is 0 Å². The summed E-state index contributed by atoms with van der Waals surface area (Å²) in [5.74, 6) is 0.811. The molecular formula is C16H17ClN2O2. The minimum absolute atomic E-state index is 0.406. The Hall–Kier alpha value is -1.80. The normalized spacial score (nSPS) is 12.3. The van der Waals surface area contributed by atoms with Gasteiger partial charge in [-0.25, -0.2) is 0 Å². The number of aliphatic hydroxyl groups is 1. The van der Waals surface area contributed by atoms with E-state index in [0.29, 0.717) is 31.1 Å². The molecule has 0 aliphatic heterocycles. The molecule has 5 heteroatoms. The van der Waals surface area contributed by atoms with E-state index >= 15 is 0 Å². The molecule has 0 saturated carbocycles. The summed E-state index contributed by atoms with van der Waals surface area (Å²) in [6.07, 6.45) is 1.37. The van der Waals surface area contributed by atoms with Crippen LogP contribution in [0.25, 0.3) is 0 Å². The van der Waals surface area contributed by atoms with Crippen LogP contribution >= 0.6 is 11.6 Å². The van der Waals surface area contributed by atoms with Crippen molar-refractivity contribution in [3.8, 4) is 6.07 Å². The molecule has 0 radical (unpaired) electrons. The third kappa shape index (κ3) is 4.91. The molecule has 1 aromatic heterocycles. The van der Waals surface area contributed by atoms with Gasteiger partial charge < -0.3 is 9.52 Å². The van der Waals surface area contributed by atoms with Gasteiger partial charge in [0.05, 0.1) is 25.0 Å². The molecule has 0 amide bonds. The highest BCUT2D eigenvalue weighted by molar-refractivity contribution is 6.30. The Labute approximate surface area is 129 Å². The van der Waals surface area contributed by atoms with Gasteiger partial charge in [0, 0.05) is 24.5 Å². The van der Waals surface area contributed by atoms with Crippen LogP contribution in [0.15, 0.2) is 47.1 Å². The summed E-state index contributed by atoms with van der Waals surface area (Å²) < 4.78 is 5.32. The summed E-state index contributed by atoms with van der Waals surface area (Å²) in [6.45, 7) is 1.56. The quantitative estimate of drug-likeness (QED) is 0.852. The van der Waals surface area contributed by atoms with Crippen molar-refractivity contribution in [3.05, 3.63) is 59.0 Å². The molecule has 1 heterocycles. The number of nitriles is 1. The number of nitrogens with zero attached hydrogens (tertiary/aromatic N) is 2. The topological polar surface area (TPSA) is 60.4 Å². The van der Waals surface area contributed by atoms with Crippen LogP contribution in [-0.4, -0.2) is 23.1 Å². The van der Waals surface area contributed by atoms with Crippen LogP contribution in [-0.2, 0) is 6.54 Å². The molecular weight excluding hydrogens is 288 g/mol. The zero-order chi connectivity index (χ0) is 15.1. The van der Waals surface area contributed by atoms with Crippen LogP contribution in [0, 0.1) is 11.3 Å². The van der Waals surface area contributed by atoms with Crippen LogP contribution in [0.5, 0.6) is 0 Å². The van der Waals surface area contributed by atoms with E-state index in [9.17, 15) is 5.11 Å². The van der Waals surface area contributed by atoms with E-state index in [0.717, 1.165) is 11.3 Å². The summed E-state index contributed by atoms with van der Waals surface area (Å²) in [6, 6.07) is 13.0. The lowest BCUT2D eigenvalue weighted by molar-refractivity contribution is 0.106. The molecule has 0 saturated heterocycles. The lowest BCUT2D eigenvalue weighted by atomic mass is 10.1. The van der Waals surface area contributed by atoms with Crippen molar-refractivity contribution in [2.45, 2.75) is 19.1 Å². The Morgan fingerprint density at radius 1 is 1.33 bits per heavy atom. The van der Waals surface area contributed by atoms with Crippen molar-refractivity contribution in [2.75, 3.05) is 13.1 Å². The fraction of sp³-hybridized carbons (Fsp3) is 0.312. The molecule has 1 aromatic carbocycles.